The van der Waals surface area contributed by atoms with Gasteiger partial charge in [0.2, 0.25) is 0 Å². The molecule has 42 heavy (non-hydrogen) atoms. The smallest absolute Gasteiger partial charge is 0.153 e. The van der Waals surface area contributed by atoms with Gasteiger partial charge in [-0.3, -0.25) is 9.98 Å². The number of hydrogen-bond acceptors (Lipinski definition) is 1. The summed E-state index contributed by atoms with van der Waals surface area (Å²) in [5.41, 5.74) is 9.95. The highest BCUT2D eigenvalue weighted by atomic mass is 15.1. The monoisotopic (exact) mass is 539 g/mol. The Balaban J connectivity index is 1.20. The Morgan fingerprint density at radius 3 is 1.55 bits per heavy atom. The van der Waals surface area contributed by atoms with E-state index in [9.17, 15) is 0 Å². The fraction of sp³-hybridized carbons (Fsp3) is 0.0256. The van der Waals surface area contributed by atoms with Crippen molar-refractivity contribution in [1.29, 1.82) is 5.41 Å². The van der Waals surface area contributed by atoms with Gasteiger partial charge in [-0.15, -0.1) is 0 Å². The maximum absolute atomic E-state index is 8.85. The third-order valence-corrected chi connectivity index (χ3v) is 7.86. The first-order chi connectivity index (χ1) is 20.7. The number of para-hydroxylation sites is 1. The highest BCUT2D eigenvalue weighted by Gasteiger charge is 2.14. The first kappa shape index (κ1) is 25.4. The summed E-state index contributed by atoms with van der Waals surface area (Å²) < 4.78 is 2.17. The number of amidine groups is 1. The molecule has 0 radical (unpaired) electrons. The van der Waals surface area contributed by atoms with E-state index in [1.807, 2.05) is 31.2 Å². The van der Waals surface area contributed by atoms with Crippen molar-refractivity contribution in [3.8, 4) is 33.4 Å². The number of hydrogen-bond donors (Lipinski definition) is 1. The molecule has 200 valence electrons. The van der Waals surface area contributed by atoms with Crippen LogP contribution in [0, 0.1) is 5.41 Å². The van der Waals surface area contributed by atoms with E-state index in [0.717, 1.165) is 39.1 Å². The van der Waals surface area contributed by atoms with Crippen LogP contribution in [0.5, 0.6) is 0 Å². The molecule has 0 aliphatic carbocycles. The number of nitrogens with zero attached hydrogens (tertiary/aromatic N) is 2. The molecule has 0 unspecified atom stereocenters. The minimum absolute atomic E-state index is 0.239. The third-order valence-electron chi connectivity index (χ3n) is 7.86. The van der Waals surface area contributed by atoms with Crippen LogP contribution in [-0.2, 0) is 0 Å². The van der Waals surface area contributed by atoms with E-state index in [2.05, 4.69) is 132 Å². The Morgan fingerprint density at radius 1 is 0.476 bits per heavy atom. The molecule has 7 aromatic rings. The molecule has 1 heterocycles. The summed E-state index contributed by atoms with van der Waals surface area (Å²) in [5, 5.41) is 11.2. The van der Waals surface area contributed by atoms with Crippen molar-refractivity contribution in [2.45, 2.75) is 6.92 Å². The molecule has 0 atom stereocenters. The third kappa shape index (κ3) is 4.71. The zero-order valence-electron chi connectivity index (χ0n) is 23.3. The lowest BCUT2D eigenvalue weighted by atomic mass is 9.99. The summed E-state index contributed by atoms with van der Waals surface area (Å²) in [5.74, 6) is 1.00. The summed E-state index contributed by atoms with van der Waals surface area (Å²) in [6, 6.07) is 52.6. The normalized spacial score (nSPS) is 11.7. The Hall–Kier alpha value is -5.54. The van der Waals surface area contributed by atoms with Crippen molar-refractivity contribution in [1.82, 2.24) is 4.57 Å². The van der Waals surface area contributed by atoms with Gasteiger partial charge in [-0.2, -0.15) is 0 Å². The summed E-state index contributed by atoms with van der Waals surface area (Å²) >= 11 is 0. The quantitative estimate of drug-likeness (QED) is 0.171. The van der Waals surface area contributed by atoms with E-state index in [-0.39, 0.29) is 5.84 Å². The minimum atomic E-state index is 0.239. The van der Waals surface area contributed by atoms with Crippen LogP contribution in [0.1, 0.15) is 12.5 Å². The van der Waals surface area contributed by atoms with E-state index in [4.69, 9.17) is 10.4 Å². The van der Waals surface area contributed by atoms with Gasteiger partial charge in [-0.1, -0.05) is 140 Å². The highest BCUT2D eigenvalue weighted by Crippen LogP contribution is 2.33. The lowest BCUT2D eigenvalue weighted by Crippen LogP contribution is -2.10. The Morgan fingerprint density at radius 2 is 0.929 bits per heavy atom. The molecular formula is C39H29N3. The molecular weight excluding hydrogens is 510 g/mol. The van der Waals surface area contributed by atoms with Crippen LogP contribution in [-0.4, -0.2) is 16.2 Å². The Bertz CT molecular complexity index is 2070. The largest absolute Gasteiger partial charge is 0.297 e. The molecule has 0 bridgehead atoms. The van der Waals surface area contributed by atoms with Crippen LogP contribution in [0.25, 0.3) is 55.2 Å². The van der Waals surface area contributed by atoms with Crippen molar-refractivity contribution in [2.24, 2.45) is 4.99 Å². The summed E-state index contributed by atoms with van der Waals surface area (Å²) in [7, 11) is 0. The molecule has 0 aliphatic rings. The lowest BCUT2D eigenvalue weighted by Gasteiger charge is -2.10. The number of rotatable bonds is 4. The molecule has 7 rings (SSSR count). The van der Waals surface area contributed by atoms with Gasteiger partial charge < -0.3 is 0 Å². The van der Waals surface area contributed by atoms with Crippen LogP contribution in [0.2, 0.25) is 0 Å². The lowest BCUT2D eigenvalue weighted by molar-refractivity contribution is 1.24. The Labute approximate surface area is 245 Å². The predicted molar refractivity (Wildman–Crippen MR) is 178 cm³/mol. The molecule has 1 aromatic heterocycles. The maximum atomic E-state index is 8.85. The standard InChI is InChI=1S/C39H29N3/c1-27(42-37-15-9-8-14-35(37)36-25-24-34(26-38(36)42)29-12-6-3-7-13-29)41-39(40)33-22-20-32(21-23-33)31-18-16-30(17-19-31)28-10-4-2-5-11-28/h2-26,40H,1H3. The van der Waals surface area contributed by atoms with Gasteiger partial charge in [0.25, 0.3) is 0 Å². The van der Waals surface area contributed by atoms with E-state index >= 15 is 0 Å². The van der Waals surface area contributed by atoms with Crippen LogP contribution >= 0.6 is 0 Å². The second-order valence-electron chi connectivity index (χ2n) is 10.5. The first-order valence-electron chi connectivity index (χ1n) is 14.1. The van der Waals surface area contributed by atoms with Gasteiger partial charge in [-0.05, 0) is 52.4 Å². The molecule has 0 spiro atoms. The summed E-state index contributed by atoms with van der Waals surface area (Å²) in [6.07, 6.45) is 0. The SMILES string of the molecule is CC(=NC(=N)c1ccc(-c2ccc(-c3ccccc3)cc2)cc1)n1c2ccccc2c2ccc(-c3ccccc3)cc21. The Kier molecular flexibility index (Phi) is 6.54. The van der Waals surface area contributed by atoms with Crippen molar-refractivity contribution >= 4 is 33.5 Å². The van der Waals surface area contributed by atoms with Gasteiger partial charge in [-0.25, -0.2) is 4.99 Å². The maximum Gasteiger partial charge on any atom is 0.153 e. The molecule has 0 amide bonds. The first-order valence-corrected chi connectivity index (χ1v) is 14.1. The van der Waals surface area contributed by atoms with Gasteiger partial charge in [0.1, 0.15) is 5.84 Å². The van der Waals surface area contributed by atoms with Crippen molar-refractivity contribution < 1.29 is 0 Å². The van der Waals surface area contributed by atoms with E-state index < -0.39 is 0 Å². The van der Waals surface area contributed by atoms with Gasteiger partial charge in [0.15, 0.2) is 5.84 Å². The highest BCUT2D eigenvalue weighted by molar-refractivity contribution is 6.16. The second kappa shape index (κ2) is 10.8. The summed E-state index contributed by atoms with van der Waals surface area (Å²) in [4.78, 5) is 4.80. The average Bonchev–Trinajstić information content (AvgIpc) is 3.39. The molecule has 0 fully saturated rings. The second-order valence-corrected chi connectivity index (χ2v) is 10.5. The molecule has 1 N–H and O–H groups in total. The summed E-state index contributed by atoms with van der Waals surface area (Å²) in [6.45, 7) is 1.98. The van der Waals surface area contributed by atoms with Crippen LogP contribution in [0.3, 0.4) is 0 Å². The number of nitrogens with one attached hydrogen (secondary N) is 1. The van der Waals surface area contributed by atoms with E-state index in [0.29, 0.717) is 0 Å². The van der Waals surface area contributed by atoms with Crippen LogP contribution in [0.4, 0.5) is 0 Å². The fourth-order valence-electron chi connectivity index (χ4n) is 5.71. The molecule has 3 nitrogen and oxygen atoms in total. The zero-order valence-corrected chi connectivity index (χ0v) is 23.3. The van der Waals surface area contributed by atoms with E-state index in [1.54, 1.807) is 0 Å². The number of aromatic nitrogens is 1. The zero-order chi connectivity index (χ0) is 28.5. The molecule has 0 aliphatic heterocycles. The van der Waals surface area contributed by atoms with Gasteiger partial charge >= 0.3 is 0 Å². The van der Waals surface area contributed by atoms with Gasteiger partial charge in [0, 0.05) is 16.3 Å². The van der Waals surface area contributed by atoms with Gasteiger partial charge in [0.05, 0.1) is 11.0 Å². The number of fused-ring (bicyclic) bond motifs is 3. The average molecular weight is 540 g/mol. The van der Waals surface area contributed by atoms with Crippen molar-refractivity contribution in [3.05, 3.63) is 157 Å². The number of aliphatic imine (C=N–C) groups is 1. The fourth-order valence-corrected chi connectivity index (χ4v) is 5.71. The van der Waals surface area contributed by atoms with Crippen molar-refractivity contribution in [2.75, 3.05) is 0 Å². The van der Waals surface area contributed by atoms with Crippen molar-refractivity contribution in [3.63, 3.8) is 0 Å². The van der Waals surface area contributed by atoms with E-state index in [1.165, 1.54) is 27.5 Å². The molecule has 0 saturated heterocycles. The van der Waals surface area contributed by atoms with Crippen LogP contribution < -0.4 is 0 Å². The van der Waals surface area contributed by atoms with Crippen LogP contribution in [0.15, 0.2) is 157 Å². The minimum Gasteiger partial charge on any atom is -0.297 e. The topological polar surface area (TPSA) is 41.1 Å². The number of benzene rings is 6. The predicted octanol–water partition coefficient (Wildman–Crippen LogP) is 10.1. The molecule has 3 heteroatoms. The molecule has 0 saturated carbocycles. The molecule has 6 aromatic carbocycles.